The number of rotatable bonds is 5. The number of ether oxygens (including phenoxy) is 1. The van der Waals surface area contributed by atoms with E-state index in [2.05, 4.69) is 30.5 Å². The van der Waals surface area contributed by atoms with E-state index >= 15 is 0 Å². The van der Waals surface area contributed by atoms with Gasteiger partial charge in [-0.2, -0.15) is 10.4 Å². The number of aryl methyl sites for hydroxylation is 1. The monoisotopic (exact) mass is 361 g/mol. The van der Waals surface area contributed by atoms with E-state index in [0.29, 0.717) is 11.6 Å². The lowest BCUT2D eigenvalue weighted by molar-refractivity contribution is 0.210. The van der Waals surface area contributed by atoms with E-state index in [-0.39, 0.29) is 11.8 Å². The second kappa shape index (κ2) is 7.41. The Hall–Kier alpha value is -3.47. The van der Waals surface area contributed by atoms with Gasteiger partial charge in [0.25, 0.3) is 0 Å². The first-order chi connectivity index (χ1) is 13.2. The number of hydrogen-bond acceptors (Lipinski definition) is 7. The number of pyridine rings is 1. The quantitative estimate of drug-likeness (QED) is 0.715. The maximum absolute atomic E-state index is 8.79. The van der Waals surface area contributed by atoms with Crippen LogP contribution >= 0.6 is 0 Å². The average Bonchev–Trinajstić information content (AvgIpc) is 3.36. The predicted molar refractivity (Wildman–Crippen MR) is 99.5 cm³/mol. The minimum Gasteiger partial charge on any atom is -0.488 e. The zero-order valence-electron chi connectivity index (χ0n) is 14.9. The Balaban J connectivity index is 1.56. The van der Waals surface area contributed by atoms with Gasteiger partial charge in [-0.15, -0.1) is 0 Å². The lowest BCUT2D eigenvalue weighted by Crippen LogP contribution is -2.12. The Bertz CT molecular complexity index is 968. The van der Waals surface area contributed by atoms with E-state index in [4.69, 9.17) is 10.00 Å². The lowest BCUT2D eigenvalue weighted by Gasteiger charge is -2.15. The molecule has 0 bridgehead atoms. The summed E-state index contributed by atoms with van der Waals surface area (Å²) in [4.78, 5) is 12.8. The molecule has 0 saturated heterocycles. The van der Waals surface area contributed by atoms with Gasteiger partial charge in [0.1, 0.15) is 23.3 Å². The summed E-state index contributed by atoms with van der Waals surface area (Å²) < 4.78 is 6.19. The van der Waals surface area contributed by atoms with Gasteiger partial charge in [-0.3, -0.25) is 5.10 Å². The van der Waals surface area contributed by atoms with Gasteiger partial charge >= 0.3 is 0 Å². The largest absolute Gasteiger partial charge is 0.488 e. The molecule has 0 amide bonds. The summed E-state index contributed by atoms with van der Waals surface area (Å²) in [7, 11) is 0. The molecule has 8 nitrogen and oxygen atoms in total. The average molecular weight is 361 g/mol. The molecule has 0 spiro atoms. The van der Waals surface area contributed by atoms with Gasteiger partial charge in [0.05, 0.1) is 24.2 Å². The molecule has 8 heteroatoms. The number of aromatic nitrogens is 5. The number of H-pyrrole nitrogens is 1. The minimum absolute atomic E-state index is 0.252. The Morgan fingerprint density at radius 1 is 1.19 bits per heavy atom. The van der Waals surface area contributed by atoms with Gasteiger partial charge in [-0.05, 0) is 44.7 Å². The fourth-order valence-electron chi connectivity index (χ4n) is 3.11. The van der Waals surface area contributed by atoms with Crippen molar-refractivity contribution >= 4 is 11.6 Å². The maximum Gasteiger partial charge on any atom is 0.158 e. The standard InChI is InChI=1S/C19H19N7O/c1-12-6-7-16(27-14-4-2-3-5-14)19(23-12)15-8-17(26-25-15)24-18-11-21-13(9-20)10-22-18/h6-8,10-11,14H,2-5H2,1H3,(H2,22,24,25,26). The molecule has 1 aliphatic carbocycles. The van der Waals surface area contributed by atoms with Crippen molar-refractivity contribution in [2.45, 2.75) is 38.7 Å². The van der Waals surface area contributed by atoms with Crippen LogP contribution in [0, 0.1) is 18.3 Å². The van der Waals surface area contributed by atoms with Gasteiger partial charge in [0.15, 0.2) is 11.5 Å². The van der Waals surface area contributed by atoms with Crippen LogP contribution in [0.15, 0.2) is 30.6 Å². The molecule has 1 aliphatic rings. The van der Waals surface area contributed by atoms with Crippen molar-refractivity contribution < 1.29 is 4.74 Å². The smallest absolute Gasteiger partial charge is 0.158 e. The summed E-state index contributed by atoms with van der Waals surface area (Å²) in [6.45, 7) is 1.95. The van der Waals surface area contributed by atoms with Crippen molar-refractivity contribution in [2.24, 2.45) is 0 Å². The zero-order chi connectivity index (χ0) is 18.6. The summed E-state index contributed by atoms with van der Waals surface area (Å²) in [6, 6.07) is 7.71. The Morgan fingerprint density at radius 2 is 2.04 bits per heavy atom. The Labute approximate surface area is 156 Å². The highest BCUT2D eigenvalue weighted by Gasteiger charge is 2.20. The molecule has 3 aromatic heterocycles. The second-order valence-corrected chi connectivity index (χ2v) is 6.51. The van der Waals surface area contributed by atoms with Crippen molar-refractivity contribution in [3.05, 3.63) is 42.0 Å². The topological polar surface area (TPSA) is 112 Å². The van der Waals surface area contributed by atoms with Crippen molar-refractivity contribution in [2.75, 3.05) is 5.32 Å². The molecule has 0 aliphatic heterocycles. The molecule has 0 unspecified atom stereocenters. The first-order valence-corrected chi connectivity index (χ1v) is 8.90. The van der Waals surface area contributed by atoms with Gasteiger partial charge in [-0.25, -0.2) is 15.0 Å². The number of nitrogens with one attached hydrogen (secondary N) is 2. The first-order valence-electron chi connectivity index (χ1n) is 8.90. The second-order valence-electron chi connectivity index (χ2n) is 6.51. The molecule has 4 rings (SSSR count). The number of anilines is 2. The molecule has 1 saturated carbocycles. The highest BCUT2D eigenvalue weighted by atomic mass is 16.5. The molecule has 27 heavy (non-hydrogen) atoms. The van der Waals surface area contributed by atoms with Crippen molar-refractivity contribution in [3.63, 3.8) is 0 Å². The Kier molecular flexibility index (Phi) is 4.66. The predicted octanol–water partition coefficient (Wildman–Crippen LogP) is 3.51. The van der Waals surface area contributed by atoms with Gasteiger partial charge in [0, 0.05) is 11.8 Å². The summed E-state index contributed by atoms with van der Waals surface area (Å²) >= 11 is 0. The first kappa shape index (κ1) is 17.0. The van der Waals surface area contributed by atoms with Crippen LogP contribution in [0.1, 0.15) is 37.1 Å². The summed E-state index contributed by atoms with van der Waals surface area (Å²) in [5.74, 6) is 1.85. The highest BCUT2D eigenvalue weighted by molar-refractivity contribution is 5.67. The number of hydrogen-bond donors (Lipinski definition) is 2. The molecule has 2 N–H and O–H groups in total. The van der Waals surface area contributed by atoms with E-state index in [1.807, 2.05) is 31.2 Å². The van der Waals surface area contributed by atoms with Crippen LogP contribution < -0.4 is 10.1 Å². The van der Waals surface area contributed by atoms with E-state index in [1.165, 1.54) is 25.2 Å². The molecular formula is C19H19N7O. The molecule has 3 aromatic rings. The molecule has 136 valence electrons. The fraction of sp³-hybridized carbons (Fsp3) is 0.316. The number of aromatic amines is 1. The maximum atomic E-state index is 8.79. The highest BCUT2D eigenvalue weighted by Crippen LogP contribution is 2.32. The van der Waals surface area contributed by atoms with Crippen molar-refractivity contribution in [1.29, 1.82) is 5.26 Å². The van der Waals surface area contributed by atoms with Crippen molar-refractivity contribution in [3.8, 4) is 23.2 Å². The van der Waals surface area contributed by atoms with E-state index in [0.717, 1.165) is 35.7 Å². The van der Waals surface area contributed by atoms with Crippen LogP contribution in [0.25, 0.3) is 11.4 Å². The number of nitrogens with zero attached hydrogens (tertiary/aromatic N) is 5. The van der Waals surface area contributed by atoms with Gasteiger partial charge in [0.2, 0.25) is 0 Å². The van der Waals surface area contributed by atoms with Gasteiger partial charge in [-0.1, -0.05) is 0 Å². The summed E-state index contributed by atoms with van der Waals surface area (Å²) in [5, 5.41) is 19.1. The summed E-state index contributed by atoms with van der Waals surface area (Å²) in [5.41, 5.74) is 2.68. The van der Waals surface area contributed by atoms with Crippen LogP contribution in [-0.4, -0.2) is 31.3 Å². The van der Waals surface area contributed by atoms with Crippen LogP contribution in [0.5, 0.6) is 5.75 Å². The van der Waals surface area contributed by atoms with Crippen LogP contribution in [-0.2, 0) is 0 Å². The SMILES string of the molecule is Cc1ccc(OC2CCCC2)c(-c2cc(Nc3cnc(C#N)cn3)n[nH]2)n1. The zero-order valence-corrected chi connectivity index (χ0v) is 14.9. The van der Waals surface area contributed by atoms with Crippen LogP contribution in [0.4, 0.5) is 11.6 Å². The van der Waals surface area contributed by atoms with E-state index in [9.17, 15) is 0 Å². The summed E-state index contributed by atoms with van der Waals surface area (Å²) in [6.07, 6.45) is 7.74. The Morgan fingerprint density at radius 3 is 2.78 bits per heavy atom. The van der Waals surface area contributed by atoms with Crippen LogP contribution in [0.2, 0.25) is 0 Å². The molecule has 0 atom stereocenters. The lowest BCUT2D eigenvalue weighted by atomic mass is 10.2. The van der Waals surface area contributed by atoms with E-state index in [1.54, 1.807) is 0 Å². The molecule has 3 heterocycles. The third kappa shape index (κ3) is 3.87. The normalized spacial score (nSPS) is 14.1. The van der Waals surface area contributed by atoms with Crippen LogP contribution in [0.3, 0.4) is 0 Å². The number of nitriles is 1. The fourth-order valence-corrected chi connectivity index (χ4v) is 3.11. The molecule has 0 radical (unpaired) electrons. The minimum atomic E-state index is 0.252. The third-order valence-corrected chi connectivity index (χ3v) is 4.45. The molecule has 0 aromatic carbocycles. The third-order valence-electron chi connectivity index (χ3n) is 4.45. The molecular weight excluding hydrogens is 342 g/mol. The van der Waals surface area contributed by atoms with Crippen molar-refractivity contribution in [1.82, 2.24) is 25.1 Å². The molecule has 1 fully saturated rings. The van der Waals surface area contributed by atoms with E-state index < -0.39 is 0 Å². The van der Waals surface area contributed by atoms with Gasteiger partial charge < -0.3 is 10.1 Å².